The first-order valence-corrected chi connectivity index (χ1v) is 7.58. The van der Waals surface area contributed by atoms with Crippen LogP contribution in [0.3, 0.4) is 0 Å². The van der Waals surface area contributed by atoms with Crippen LogP contribution < -0.4 is 10.1 Å². The van der Waals surface area contributed by atoms with E-state index in [2.05, 4.69) is 10.3 Å². The molecule has 0 aliphatic carbocycles. The molecule has 0 radical (unpaired) electrons. The maximum atomic E-state index is 13.9. The molecular formula is C15H18F2N2OS. The Balaban J connectivity index is 2.08. The maximum Gasteiger partial charge on any atom is 0.191 e. The molecule has 1 N–H and O–H groups in total. The molecule has 0 fully saturated rings. The van der Waals surface area contributed by atoms with Gasteiger partial charge in [-0.1, -0.05) is 13.8 Å². The predicted molar refractivity (Wildman–Crippen MR) is 79.7 cm³/mol. The summed E-state index contributed by atoms with van der Waals surface area (Å²) in [7, 11) is 1.72. The summed E-state index contributed by atoms with van der Waals surface area (Å²) < 4.78 is 33.0. The summed E-state index contributed by atoms with van der Waals surface area (Å²) in [4.78, 5) is 4.37. The van der Waals surface area contributed by atoms with Crippen molar-refractivity contribution >= 4 is 11.3 Å². The van der Waals surface area contributed by atoms with Crippen molar-refractivity contribution in [3.63, 3.8) is 0 Å². The number of thiazole rings is 1. The summed E-state index contributed by atoms with van der Waals surface area (Å²) in [6, 6.07) is 2.55. The second-order valence-corrected chi connectivity index (χ2v) is 5.93. The van der Waals surface area contributed by atoms with Gasteiger partial charge in [-0.25, -0.2) is 13.8 Å². The van der Waals surface area contributed by atoms with Gasteiger partial charge in [-0.3, -0.25) is 0 Å². The van der Waals surface area contributed by atoms with Crippen LogP contribution in [-0.2, 0) is 13.2 Å². The second-order valence-electron chi connectivity index (χ2n) is 5.04. The first-order chi connectivity index (χ1) is 10.0. The Bertz CT molecular complexity index is 590. The van der Waals surface area contributed by atoms with Gasteiger partial charge in [-0.05, 0) is 24.7 Å². The van der Waals surface area contributed by atoms with Crippen molar-refractivity contribution in [3.05, 3.63) is 45.4 Å². The third-order valence-electron chi connectivity index (χ3n) is 2.87. The molecule has 114 valence electrons. The molecule has 1 aromatic heterocycles. The highest BCUT2D eigenvalue weighted by Gasteiger charge is 2.14. The highest BCUT2D eigenvalue weighted by atomic mass is 32.1. The molecular weight excluding hydrogens is 294 g/mol. The van der Waals surface area contributed by atoms with Crippen molar-refractivity contribution < 1.29 is 13.5 Å². The Morgan fingerprint density at radius 1 is 1.29 bits per heavy atom. The number of ether oxygens (including phenoxy) is 1. The average molecular weight is 312 g/mol. The number of hydrogen-bond donors (Lipinski definition) is 1. The Kier molecular flexibility index (Phi) is 5.25. The lowest BCUT2D eigenvalue weighted by Crippen LogP contribution is -2.07. The number of nitrogens with zero attached hydrogens (tertiary/aromatic N) is 1. The van der Waals surface area contributed by atoms with Gasteiger partial charge >= 0.3 is 0 Å². The van der Waals surface area contributed by atoms with Crippen LogP contribution in [-0.4, -0.2) is 12.0 Å². The minimum Gasteiger partial charge on any atom is -0.481 e. The van der Waals surface area contributed by atoms with Crippen LogP contribution >= 0.6 is 11.3 Å². The van der Waals surface area contributed by atoms with Gasteiger partial charge in [0.2, 0.25) is 0 Å². The molecule has 0 aliphatic heterocycles. The molecule has 0 saturated carbocycles. The summed E-state index contributed by atoms with van der Waals surface area (Å²) in [6.45, 7) is 4.55. The quantitative estimate of drug-likeness (QED) is 0.880. The predicted octanol–water partition coefficient (Wildman–Crippen LogP) is 3.84. The van der Waals surface area contributed by atoms with Crippen LogP contribution in [0.4, 0.5) is 8.78 Å². The van der Waals surface area contributed by atoms with E-state index in [0.717, 1.165) is 5.01 Å². The van der Waals surface area contributed by atoms with Gasteiger partial charge in [0.25, 0.3) is 0 Å². The van der Waals surface area contributed by atoms with E-state index in [0.29, 0.717) is 23.7 Å². The number of rotatable bonds is 6. The molecule has 0 spiro atoms. The third-order valence-corrected chi connectivity index (χ3v) is 4.06. The topological polar surface area (TPSA) is 34.1 Å². The lowest BCUT2D eigenvalue weighted by molar-refractivity contribution is 0.270. The smallest absolute Gasteiger partial charge is 0.191 e. The average Bonchev–Trinajstić information content (AvgIpc) is 2.87. The van der Waals surface area contributed by atoms with Crippen molar-refractivity contribution in [2.75, 3.05) is 7.05 Å². The van der Waals surface area contributed by atoms with Crippen LogP contribution in [0.15, 0.2) is 17.5 Å². The highest BCUT2D eigenvalue weighted by Crippen LogP contribution is 2.25. The van der Waals surface area contributed by atoms with E-state index in [1.807, 2.05) is 19.2 Å². The summed E-state index contributed by atoms with van der Waals surface area (Å²) in [5, 5.41) is 5.68. The lowest BCUT2D eigenvalue weighted by Gasteiger charge is -2.09. The van der Waals surface area contributed by atoms with Gasteiger partial charge in [0.1, 0.15) is 6.61 Å². The third kappa shape index (κ3) is 3.98. The van der Waals surface area contributed by atoms with E-state index >= 15 is 0 Å². The molecule has 6 heteroatoms. The molecule has 1 aromatic carbocycles. The Morgan fingerprint density at radius 2 is 1.95 bits per heavy atom. The first-order valence-electron chi connectivity index (χ1n) is 6.71. The van der Waals surface area contributed by atoms with Gasteiger partial charge in [-0.2, -0.15) is 0 Å². The van der Waals surface area contributed by atoms with Crippen LogP contribution in [0, 0.1) is 11.6 Å². The van der Waals surface area contributed by atoms with Gasteiger partial charge in [0.15, 0.2) is 17.4 Å². The lowest BCUT2D eigenvalue weighted by atomic mass is 10.2. The summed E-state index contributed by atoms with van der Waals surface area (Å²) in [5.41, 5.74) is 1.22. The molecule has 0 atom stereocenters. The fraction of sp³-hybridized carbons (Fsp3) is 0.400. The minimum absolute atomic E-state index is 0.0580. The molecule has 2 rings (SSSR count). The highest BCUT2D eigenvalue weighted by molar-refractivity contribution is 7.09. The van der Waals surface area contributed by atoms with Gasteiger partial charge < -0.3 is 10.1 Å². The summed E-state index contributed by atoms with van der Waals surface area (Å²) in [6.07, 6.45) is 0. The standard InChI is InChI=1S/C15H18F2N2OS/c1-9(2)15-19-11(8-21-15)7-20-14-12(16)4-10(6-18-3)5-13(14)17/h4-5,8-9,18H,6-7H2,1-3H3. The molecule has 0 unspecified atom stereocenters. The molecule has 2 aromatic rings. The monoisotopic (exact) mass is 312 g/mol. The van der Waals surface area contributed by atoms with Crippen LogP contribution in [0.5, 0.6) is 5.75 Å². The van der Waals surface area contributed by atoms with Gasteiger partial charge in [-0.15, -0.1) is 11.3 Å². The van der Waals surface area contributed by atoms with Gasteiger partial charge in [0.05, 0.1) is 10.7 Å². The number of nitrogens with one attached hydrogen (secondary N) is 1. The van der Waals surface area contributed by atoms with Crippen LogP contribution in [0.25, 0.3) is 0 Å². The van der Waals surface area contributed by atoms with Crippen molar-refractivity contribution in [3.8, 4) is 5.75 Å². The minimum atomic E-state index is -0.695. The fourth-order valence-corrected chi connectivity index (χ4v) is 2.68. The molecule has 0 amide bonds. The van der Waals surface area contributed by atoms with E-state index in [-0.39, 0.29) is 12.4 Å². The summed E-state index contributed by atoms with van der Waals surface area (Å²) in [5.74, 6) is -1.41. The van der Waals surface area contributed by atoms with Crippen LogP contribution in [0.1, 0.15) is 36.0 Å². The Hall–Kier alpha value is -1.53. The number of halogens is 2. The van der Waals surface area contributed by atoms with E-state index < -0.39 is 11.6 Å². The van der Waals surface area contributed by atoms with Crippen molar-refractivity contribution in [1.29, 1.82) is 0 Å². The molecule has 21 heavy (non-hydrogen) atoms. The van der Waals surface area contributed by atoms with E-state index in [1.165, 1.54) is 23.5 Å². The SMILES string of the molecule is CNCc1cc(F)c(OCc2csc(C(C)C)n2)c(F)c1. The van der Waals surface area contributed by atoms with Crippen LogP contribution in [0.2, 0.25) is 0 Å². The zero-order chi connectivity index (χ0) is 15.4. The van der Waals surface area contributed by atoms with E-state index in [9.17, 15) is 8.78 Å². The molecule has 3 nitrogen and oxygen atoms in total. The number of aromatic nitrogens is 1. The number of benzene rings is 1. The largest absolute Gasteiger partial charge is 0.481 e. The van der Waals surface area contributed by atoms with Crippen molar-refractivity contribution in [2.24, 2.45) is 0 Å². The second kappa shape index (κ2) is 6.95. The normalized spacial score (nSPS) is 11.1. The van der Waals surface area contributed by atoms with Crippen molar-refractivity contribution in [2.45, 2.75) is 32.9 Å². The molecule has 0 aliphatic rings. The molecule has 1 heterocycles. The Labute approximate surface area is 127 Å². The zero-order valence-corrected chi connectivity index (χ0v) is 13.1. The first kappa shape index (κ1) is 15.9. The Morgan fingerprint density at radius 3 is 2.48 bits per heavy atom. The van der Waals surface area contributed by atoms with E-state index in [1.54, 1.807) is 7.05 Å². The molecule has 0 saturated heterocycles. The number of hydrogen-bond acceptors (Lipinski definition) is 4. The fourth-order valence-electron chi connectivity index (χ4n) is 1.86. The van der Waals surface area contributed by atoms with E-state index in [4.69, 9.17) is 4.74 Å². The molecule has 0 bridgehead atoms. The maximum absolute atomic E-state index is 13.9. The van der Waals surface area contributed by atoms with Crippen molar-refractivity contribution in [1.82, 2.24) is 10.3 Å². The summed E-state index contributed by atoms with van der Waals surface area (Å²) >= 11 is 1.52. The zero-order valence-electron chi connectivity index (χ0n) is 12.2. The van der Waals surface area contributed by atoms with Gasteiger partial charge in [0, 0.05) is 17.8 Å².